The van der Waals surface area contributed by atoms with Crippen molar-refractivity contribution in [3.05, 3.63) is 23.8 Å². The topological polar surface area (TPSA) is 90.6 Å². The van der Waals surface area contributed by atoms with E-state index in [0.717, 1.165) is 32.1 Å². The van der Waals surface area contributed by atoms with Gasteiger partial charge in [0.05, 0.1) is 11.3 Å². The van der Waals surface area contributed by atoms with Crippen molar-refractivity contribution in [1.82, 2.24) is 5.32 Å². The molecule has 1 aliphatic carbocycles. The van der Waals surface area contributed by atoms with E-state index in [0.29, 0.717) is 17.0 Å². The Morgan fingerprint density at radius 1 is 1.33 bits per heavy atom. The van der Waals surface area contributed by atoms with Crippen molar-refractivity contribution in [2.45, 2.75) is 58.1 Å². The van der Waals surface area contributed by atoms with E-state index in [-0.39, 0.29) is 30.6 Å². The first-order valence-corrected chi connectivity index (χ1v) is 8.52. The van der Waals surface area contributed by atoms with E-state index in [4.69, 9.17) is 15.2 Å². The lowest BCUT2D eigenvalue weighted by molar-refractivity contribution is -0.123. The Labute approximate surface area is 142 Å². The van der Waals surface area contributed by atoms with Gasteiger partial charge in [0.2, 0.25) is 0 Å². The Kier molecular flexibility index (Phi) is 6.46. The molecule has 3 N–H and O–H groups in total. The third-order valence-corrected chi connectivity index (χ3v) is 4.20. The van der Waals surface area contributed by atoms with E-state index in [1.54, 1.807) is 12.1 Å². The number of rotatable bonds is 7. The standard InChI is InChI=1S/C18H26N2O4/c1-3-12(2)20-17(21)11-23-16-10-13(8-9-15(16)19)18(22)24-14-6-4-5-7-14/h8-10,12,14H,3-7,11,19H2,1-2H3,(H,20,21). The zero-order valence-corrected chi connectivity index (χ0v) is 14.3. The molecule has 1 aromatic rings. The van der Waals surface area contributed by atoms with Crippen molar-refractivity contribution in [3.63, 3.8) is 0 Å². The van der Waals surface area contributed by atoms with Gasteiger partial charge in [0.1, 0.15) is 11.9 Å². The van der Waals surface area contributed by atoms with Crippen LogP contribution >= 0.6 is 0 Å². The summed E-state index contributed by atoms with van der Waals surface area (Å²) in [5, 5.41) is 2.81. The molecule has 0 spiro atoms. The van der Waals surface area contributed by atoms with Crippen LogP contribution in [0.25, 0.3) is 0 Å². The fraction of sp³-hybridized carbons (Fsp3) is 0.556. The molecule has 0 heterocycles. The second-order valence-corrected chi connectivity index (χ2v) is 6.23. The maximum atomic E-state index is 12.2. The Hall–Kier alpha value is -2.24. The van der Waals surface area contributed by atoms with Crippen LogP contribution in [0.4, 0.5) is 5.69 Å². The summed E-state index contributed by atoms with van der Waals surface area (Å²) in [5.74, 6) is -0.284. The number of nitrogens with two attached hydrogens (primary N) is 1. The fourth-order valence-electron chi connectivity index (χ4n) is 2.57. The summed E-state index contributed by atoms with van der Waals surface area (Å²) in [6.45, 7) is 3.77. The van der Waals surface area contributed by atoms with Gasteiger partial charge in [-0.15, -0.1) is 0 Å². The monoisotopic (exact) mass is 334 g/mol. The molecular formula is C18H26N2O4. The number of ether oxygens (including phenoxy) is 2. The highest BCUT2D eigenvalue weighted by Gasteiger charge is 2.21. The van der Waals surface area contributed by atoms with Gasteiger partial charge in [-0.1, -0.05) is 6.92 Å². The summed E-state index contributed by atoms with van der Waals surface area (Å²) >= 11 is 0. The highest BCUT2D eigenvalue weighted by atomic mass is 16.5. The average molecular weight is 334 g/mol. The molecular weight excluding hydrogens is 308 g/mol. The maximum Gasteiger partial charge on any atom is 0.338 e. The van der Waals surface area contributed by atoms with Crippen molar-refractivity contribution in [1.29, 1.82) is 0 Å². The van der Waals surface area contributed by atoms with Gasteiger partial charge in [0.25, 0.3) is 5.91 Å². The van der Waals surface area contributed by atoms with E-state index in [9.17, 15) is 9.59 Å². The van der Waals surface area contributed by atoms with Crippen LogP contribution in [0.1, 0.15) is 56.3 Å². The molecule has 1 atom stereocenters. The van der Waals surface area contributed by atoms with E-state index in [1.807, 2.05) is 13.8 Å². The van der Waals surface area contributed by atoms with Gasteiger partial charge in [0, 0.05) is 6.04 Å². The normalized spacial score (nSPS) is 15.8. The number of esters is 1. The van der Waals surface area contributed by atoms with Gasteiger partial charge >= 0.3 is 5.97 Å². The molecule has 1 fully saturated rings. The Morgan fingerprint density at radius 3 is 2.71 bits per heavy atom. The molecule has 0 bridgehead atoms. The van der Waals surface area contributed by atoms with Crippen LogP contribution in [-0.2, 0) is 9.53 Å². The van der Waals surface area contributed by atoms with Crippen molar-refractivity contribution in [2.75, 3.05) is 12.3 Å². The molecule has 0 radical (unpaired) electrons. The van der Waals surface area contributed by atoms with Crippen molar-refractivity contribution >= 4 is 17.6 Å². The summed E-state index contributed by atoms with van der Waals surface area (Å²) in [6.07, 6.45) is 4.87. The summed E-state index contributed by atoms with van der Waals surface area (Å²) in [7, 11) is 0. The van der Waals surface area contributed by atoms with Crippen LogP contribution < -0.4 is 15.8 Å². The van der Waals surface area contributed by atoms with Crippen molar-refractivity contribution in [2.24, 2.45) is 0 Å². The molecule has 1 amide bonds. The van der Waals surface area contributed by atoms with Crippen LogP contribution in [0.2, 0.25) is 0 Å². The largest absolute Gasteiger partial charge is 0.482 e. The third kappa shape index (κ3) is 5.15. The summed E-state index contributed by atoms with van der Waals surface area (Å²) in [5.41, 5.74) is 6.62. The first-order chi connectivity index (χ1) is 11.5. The lowest BCUT2D eigenvalue weighted by Crippen LogP contribution is -2.35. The highest BCUT2D eigenvalue weighted by Crippen LogP contribution is 2.26. The maximum absolute atomic E-state index is 12.2. The van der Waals surface area contributed by atoms with Crippen LogP contribution in [0, 0.1) is 0 Å². The summed E-state index contributed by atoms with van der Waals surface area (Å²) in [4.78, 5) is 24.0. The SMILES string of the molecule is CCC(C)NC(=O)COc1cc(C(=O)OC2CCCC2)ccc1N. The number of benzene rings is 1. The quantitative estimate of drug-likeness (QED) is 0.591. The summed E-state index contributed by atoms with van der Waals surface area (Å²) < 4.78 is 10.9. The first-order valence-electron chi connectivity index (χ1n) is 8.52. The lowest BCUT2D eigenvalue weighted by atomic mass is 10.2. The van der Waals surface area contributed by atoms with E-state index < -0.39 is 0 Å². The van der Waals surface area contributed by atoms with E-state index in [1.165, 1.54) is 6.07 Å². The molecule has 1 aliphatic rings. The first kappa shape index (κ1) is 18.1. The van der Waals surface area contributed by atoms with Gasteiger partial charge in [-0.05, 0) is 57.2 Å². The molecule has 0 aromatic heterocycles. The zero-order valence-electron chi connectivity index (χ0n) is 14.3. The zero-order chi connectivity index (χ0) is 17.5. The summed E-state index contributed by atoms with van der Waals surface area (Å²) in [6, 6.07) is 4.82. The minimum atomic E-state index is -0.379. The number of hydrogen-bond donors (Lipinski definition) is 2. The number of carbonyl (C=O) groups excluding carboxylic acids is 2. The Morgan fingerprint density at radius 2 is 2.04 bits per heavy atom. The van der Waals surface area contributed by atoms with Crippen molar-refractivity contribution < 1.29 is 19.1 Å². The molecule has 132 valence electrons. The second-order valence-electron chi connectivity index (χ2n) is 6.23. The molecule has 1 aromatic carbocycles. The molecule has 1 unspecified atom stereocenters. The second kappa shape index (κ2) is 8.57. The highest BCUT2D eigenvalue weighted by molar-refractivity contribution is 5.91. The Bertz CT molecular complexity index is 582. The molecule has 2 rings (SSSR count). The number of nitrogens with one attached hydrogen (secondary N) is 1. The van der Waals surface area contributed by atoms with Gasteiger partial charge in [0.15, 0.2) is 6.61 Å². The molecule has 0 saturated heterocycles. The molecule has 1 saturated carbocycles. The number of anilines is 1. The van der Waals surface area contributed by atoms with Gasteiger partial charge in [-0.25, -0.2) is 4.79 Å². The smallest absolute Gasteiger partial charge is 0.338 e. The van der Waals surface area contributed by atoms with Crippen LogP contribution in [-0.4, -0.2) is 30.6 Å². The Balaban J connectivity index is 1.94. The van der Waals surface area contributed by atoms with Crippen molar-refractivity contribution in [3.8, 4) is 5.75 Å². The van der Waals surface area contributed by atoms with Crippen LogP contribution in [0.15, 0.2) is 18.2 Å². The predicted octanol–water partition coefficient (Wildman–Crippen LogP) is 2.66. The van der Waals surface area contributed by atoms with Crippen LogP contribution in [0.5, 0.6) is 5.75 Å². The number of amides is 1. The predicted molar refractivity (Wildman–Crippen MR) is 91.9 cm³/mol. The average Bonchev–Trinajstić information content (AvgIpc) is 3.06. The van der Waals surface area contributed by atoms with Gasteiger partial charge < -0.3 is 20.5 Å². The number of carbonyl (C=O) groups is 2. The molecule has 24 heavy (non-hydrogen) atoms. The minimum Gasteiger partial charge on any atom is -0.482 e. The molecule has 6 nitrogen and oxygen atoms in total. The lowest BCUT2D eigenvalue weighted by Gasteiger charge is -2.14. The minimum absolute atomic E-state index is 0.000677. The van der Waals surface area contributed by atoms with Gasteiger partial charge in [-0.3, -0.25) is 4.79 Å². The molecule has 6 heteroatoms. The van der Waals surface area contributed by atoms with Gasteiger partial charge in [-0.2, -0.15) is 0 Å². The number of hydrogen-bond acceptors (Lipinski definition) is 5. The van der Waals surface area contributed by atoms with E-state index in [2.05, 4.69) is 5.32 Å². The fourth-order valence-corrected chi connectivity index (χ4v) is 2.57. The number of nitrogen functional groups attached to an aromatic ring is 1. The molecule has 0 aliphatic heterocycles. The van der Waals surface area contributed by atoms with Crippen LogP contribution in [0.3, 0.4) is 0 Å². The van der Waals surface area contributed by atoms with E-state index >= 15 is 0 Å². The third-order valence-electron chi connectivity index (χ3n) is 4.20.